The first-order valence-electron chi connectivity index (χ1n) is 11.7. The number of carbonyl (C=O) groups is 2. The molecule has 1 N–H and O–H groups in total. The van der Waals surface area contributed by atoms with Crippen molar-refractivity contribution in [1.29, 1.82) is 0 Å². The van der Waals surface area contributed by atoms with Crippen LogP contribution < -0.4 is 4.74 Å². The van der Waals surface area contributed by atoms with Gasteiger partial charge in [0, 0.05) is 13.2 Å². The van der Waals surface area contributed by atoms with E-state index in [0.29, 0.717) is 25.1 Å². The van der Waals surface area contributed by atoms with E-state index < -0.39 is 6.04 Å². The van der Waals surface area contributed by atoms with Gasteiger partial charge < -0.3 is 19.5 Å². The maximum Gasteiger partial charge on any atom is 0.290 e. The summed E-state index contributed by atoms with van der Waals surface area (Å²) in [5.41, 5.74) is 1.38. The first-order chi connectivity index (χ1) is 15.2. The summed E-state index contributed by atoms with van der Waals surface area (Å²) in [6.07, 6.45) is 7.30. The second-order valence-corrected chi connectivity index (χ2v) is 8.76. The van der Waals surface area contributed by atoms with Crippen LogP contribution in [0.3, 0.4) is 0 Å². The molecule has 2 aliphatic heterocycles. The lowest BCUT2D eigenvalue weighted by molar-refractivity contribution is -0.135. The second-order valence-electron chi connectivity index (χ2n) is 8.76. The minimum atomic E-state index is -0.460. The normalized spacial score (nSPS) is 25.4. The first-order valence-corrected chi connectivity index (χ1v) is 11.7. The summed E-state index contributed by atoms with van der Waals surface area (Å²) >= 11 is 0. The highest BCUT2D eigenvalue weighted by molar-refractivity contribution is 6.11. The molecule has 0 spiro atoms. The van der Waals surface area contributed by atoms with Crippen molar-refractivity contribution < 1.29 is 24.2 Å². The van der Waals surface area contributed by atoms with Crippen molar-refractivity contribution in [1.82, 2.24) is 4.90 Å². The van der Waals surface area contributed by atoms with Gasteiger partial charge in [-0.2, -0.15) is 0 Å². The largest absolute Gasteiger partial charge is 0.494 e. The molecule has 2 heterocycles. The highest BCUT2D eigenvalue weighted by atomic mass is 16.5. The zero-order valence-corrected chi connectivity index (χ0v) is 18.3. The third-order valence-corrected chi connectivity index (χ3v) is 6.63. The van der Waals surface area contributed by atoms with Crippen molar-refractivity contribution in [3.8, 4) is 5.75 Å². The maximum absolute atomic E-state index is 13.5. The number of ether oxygens (including phenoxy) is 2. The van der Waals surface area contributed by atoms with Crippen LogP contribution in [0, 0.1) is 5.92 Å². The Hall–Kier alpha value is -2.34. The number of carbonyl (C=O) groups excluding carboxylic acids is 2. The van der Waals surface area contributed by atoms with Gasteiger partial charge in [-0.05, 0) is 49.8 Å². The van der Waals surface area contributed by atoms with Crippen LogP contribution in [0.15, 0.2) is 35.6 Å². The summed E-state index contributed by atoms with van der Waals surface area (Å²) < 4.78 is 12.0. The van der Waals surface area contributed by atoms with Crippen molar-refractivity contribution in [3.05, 3.63) is 41.2 Å². The molecule has 1 fully saturated rings. The molecule has 0 bridgehead atoms. The highest BCUT2D eigenvalue weighted by Gasteiger charge is 2.51. The van der Waals surface area contributed by atoms with Crippen LogP contribution in [-0.2, 0) is 14.3 Å². The number of aliphatic hydroxyl groups is 1. The van der Waals surface area contributed by atoms with Gasteiger partial charge in [-0.1, -0.05) is 38.3 Å². The average molecular weight is 428 g/mol. The summed E-state index contributed by atoms with van der Waals surface area (Å²) in [5, 5.41) is 9.34. The summed E-state index contributed by atoms with van der Waals surface area (Å²) in [4.78, 5) is 28.4. The van der Waals surface area contributed by atoms with E-state index in [9.17, 15) is 14.7 Å². The molecule has 6 nitrogen and oxygen atoms in total. The molecule has 0 radical (unpaired) electrons. The zero-order valence-electron chi connectivity index (χ0n) is 18.3. The van der Waals surface area contributed by atoms with Crippen molar-refractivity contribution in [2.45, 2.75) is 70.4 Å². The first kappa shape index (κ1) is 21.9. The van der Waals surface area contributed by atoms with E-state index in [-0.39, 0.29) is 36.1 Å². The van der Waals surface area contributed by atoms with E-state index in [2.05, 4.69) is 6.92 Å². The molecule has 1 amide bonds. The number of Topliss-reactive ketones (excluding diaryl/α,β-unsaturated/α-hetero) is 1. The lowest BCUT2D eigenvalue weighted by Gasteiger charge is -2.35. The van der Waals surface area contributed by atoms with Gasteiger partial charge in [-0.15, -0.1) is 0 Å². The molecular formula is C25H33NO5. The van der Waals surface area contributed by atoms with Gasteiger partial charge in [0.25, 0.3) is 5.91 Å². The molecule has 6 heteroatoms. The third-order valence-electron chi connectivity index (χ3n) is 6.63. The zero-order chi connectivity index (χ0) is 21.8. The van der Waals surface area contributed by atoms with Gasteiger partial charge in [0.15, 0.2) is 11.5 Å². The van der Waals surface area contributed by atoms with Crippen LogP contribution in [0.2, 0.25) is 0 Å². The van der Waals surface area contributed by atoms with Gasteiger partial charge in [0.1, 0.15) is 11.9 Å². The summed E-state index contributed by atoms with van der Waals surface area (Å²) in [6.45, 7) is 3.22. The number of nitrogens with zero attached hydrogens (tertiary/aromatic N) is 1. The Morgan fingerprint density at radius 1 is 1.10 bits per heavy atom. The van der Waals surface area contributed by atoms with Crippen LogP contribution in [0.25, 0.3) is 0 Å². The lowest BCUT2D eigenvalue weighted by Crippen LogP contribution is -2.39. The molecule has 1 aromatic carbocycles. The van der Waals surface area contributed by atoms with Crippen LogP contribution in [0.4, 0.5) is 0 Å². The van der Waals surface area contributed by atoms with Crippen molar-refractivity contribution >= 4 is 11.7 Å². The molecule has 31 heavy (non-hydrogen) atoms. The minimum Gasteiger partial charge on any atom is -0.494 e. The highest BCUT2D eigenvalue weighted by Crippen LogP contribution is 2.46. The Morgan fingerprint density at radius 2 is 1.87 bits per heavy atom. The van der Waals surface area contributed by atoms with E-state index in [1.807, 2.05) is 24.3 Å². The number of hydrogen-bond donors (Lipinski definition) is 1. The van der Waals surface area contributed by atoms with Crippen LogP contribution in [0.5, 0.6) is 5.75 Å². The smallest absolute Gasteiger partial charge is 0.290 e. The Balaban J connectivity index is 1.60. The molecule has 3 atom stereocenters. The Bertz CT molecular complexity index is 831. The quantitative estimate of drug-likeness (QED) is 0.604. The predicted octanol–water partition coefficient (Wildman–Crippen LogP) is 3.93. The summed E-state index contributed by atoms with van der Waals surface area (Å²) in [7, 11) is 0. The number of fused-ring (bicyclic) bond motifs is 1. The fraction of sp³-hybridized carbons (Fsp3) is 0.600. The lowest BCUT2D eigenvalue weighted by atomic mass is 9.77. The number of amides is 1. The van der Waals surface area contributed by atoms with Crippen molar-refractivity contribution in [2.24, 2.45) is 5.92 Å². The van der Waals surface area contributed by atoms with E-state index in [0.717, 1.165) is 56.3 Å². The molecule has 3 aliphatic rings. The van der Waals surface area contributed by atoms with Gasteiger partial charge in [-0.3, -0.25) is 9.59 Å². The fourth-order valence-corrected chi connectivity index (χ4v) is 5.00. The van der Waals surface area contributed by atoms with E-state index in [4.69, 9.17) is 9.47 Å². The Kier molecular flexibility index (Phi) is 6.96. The predicted molar refractivity (Wildman–Crippen MR) is 116 cm³/mol. The molecular weight excluding hydrogens is 394 g/mol. The van der Waals surface area contributed by atoms with Crippen molar-refractivity contribution in [3.63, 3.8) is 0 Å². The molecule has 168 valence electrons. The molecule has 4 rings (SSSR count). The monoisotopic (exact) mass is 427 g/mol. The van der Waals surface area contributed by atoms with Crippen LogP contribution in [0.1, 0.15) is 69.9 Å². The van der Waals surface area contributed by atoms with Gasteiger partial charge >= 0.3 is 0 Å². The van der Waals surface area contributed by atoms with Gasteiger partial charge in [0.05, 0.1) is 24.1 Å². The maximum atomic E-state index is 13.5. The number of benzene rings is 1. The molecule has 0 saturated heterocycles. The minimum absolute atomic E-state index is 0.00818. The van der Waals surface area contributed by atoms with Gasteiger partial charge in [-0.25, -0.2) is 0 Å². The van der Waals surface area contributed by atoms with Gasteiger partial charge in [0.2, 0.25) is 0 Å². The molecule has 1 aliphatic carbocycles. The van der Waals surface area contributed by atoms with E-state index >= 15 is 0 Å². The van der Waals surface area contributed by atoms with E-state index in [1.54, 1.807) is 4.90 Å². The SMILES string of the molecule is CCCCCOc1ccc(C2C3=C(OC4CCCCC4C3=O)C(=O)N2CCCO)cc1. The molecule has 1 aromatic rings. The summed E-state index contributed by atoms with van der Waals surface area (Å²) in [6, 6.07) is 7.24. The Labute approximate surface area is 184 Å². The molecule has 3 unspecified atom stereocenters. The number of hydrogen-bond acceptors (Lipinski definition) is 5. The molecule has 0 aromatic heterocycles. The van der Waals surface area contributed by atoms with E-state index in [1.165, 1.54) is 0 Å². The number of aliphatic hydroxyl groups excluding tert-OH is 1. The van der Waals surface area contributed by atoms with Crippen LogP contribution in [-0.4, -0.2) is 47.6 Å². The number of ketones is 1. The standard InChI is InChI=1S/C25H33NO5/c1-2-3-6-16-30-18-12-10-17(11-13-18)22-21-23(28)19-8-4-5-9-20(19)31-24(21)25(29)26(22)14-7-15-27/h10-13,19-20,22,27H,2-9,14-16H2,1H3. The summed E-state index contributed by atoms with van der Waals surface area (Å²) in [5.74, 6) is 0.706. The number of unbranched alkanes of at least 4 members (excludes halogenated alkanes) is 2. The topological polar surface area (TPSA) is 76.1 Å². The fourth-order valence-electron chi connectivity index (χ4n) is 5.00. The number of rotatable bonds is 9. The van der Waals surface area contributed by atoms with Crippen LogP contribution >= 0.6 is 0 Å². The van der Waals surface area contributed by atoms with Crippen molar-refractivity contribution in [2.75, 3.05) is 19.8 Å². The third kappa shape index (κ3) is 4.36. The Morgan fingerprint density at radius 3 is 2.61 bits per heavy atom. The average Bonchev–Trinajstić information content (AvgIpc) is 3.08. The second kappa shape index (κ2) is 9.86. The molecule has 1 saturated carbocycles.